The average Bonchev–Trinajstić information content (AvgIpc) is 2.70. The first kappa shape index (κ1) is 24.6. The molecular weight excluding hydrogens is 400 g/mol. The van der Waals surface area contributed by atoms with Crippen LogP contribution in [0, 0.1) is 0 Å². The number of carboxylic acids is 1. The van der Waals surface area contributed by atoms with E-state index in [-0.39, 0.29) is 6.61 Å². The zero-order chi connectivity index (χ0) is 22.7. The Morgan fingerprint density at radius 3 is 1.80 bits per heavy atom. The average molecular weight is 424 g/mol. The molecule has 0 bridgehead atoms. The van der Waals surface area contributed by atoms with E-state index in [1.807, 2.05) is 6.07 Å². The van der Waals surface area contributed by atoms with Crippen LogP contribution < -0.4 is 0 Å². The Balaban J connectivity index is 2.41. The van der Waals surface area contributed by atoms with Crippen molar-refractivity contribution in [2.45, 2.75) is 58.5 Å². The summed E-state index contributed by atoms with van der Waals surface area (Å²) in [6.07, 6.45) is -4.81. The van der Waals surface area contributed by atoms with Crippen molar-refractivity contribution < 1.29 is 48.0 Å². The van der Waals surface area contributed by atoms with Crippen molar-refractivity contribution in [1.82, 2.24) is 0 Å². The maximum Gasteiger partial charge on any atom is 0.347 e. The second-order valence-corrected chi connectivity index (χ2v) is 6.28. The molecule has 0 saturated heterocycles. The van der Waals surface area contributed by atoms with Crippen LogP contribution in [0.1, 0.15) is 39.2 Å². The number of hydrogen-bond acceptors (Lipinski definition) is 9. The van der Waals surface area contributed by atoms with Crippen molar-refractivity contribution in [2.24, 2.45) is 0 Å². The first-order valence-electron chi connectivity index (χ1n) is 9.13. The summed E-state index contributed by atoms with van der Waals surface area (Å²) in [4.78, 5) is 57.7. The molecule has 0 aliphatic heterocycles. The Kier molecular flexibility index (Phi) is 10.0. The molecule has 0 aliphatic rings. The van der Waals surface area contributed by atoms with E-state index in [1.165, 1.54) is 20.8 Å². The second-order valence-electron chi connectivity index (χ2n) is 6.28. The van der Waals surface area contributed by atoms with Gasteiger partial charge in [-0.1, -0.05) is 30.3 Å². The minimum Gasteiger partial charge on any atom is -0.481 e. The van der Waals surface area contributed by atoms with E-state index >= 15 is 0 Å². The fourth-order valence-corrected chi connectivity index (χ4v) is 2.00. The highest BCUT2D eigenvalue weighted by atomic mass is 16.6. The van der Waals surface area contributed by atoms with Gasteiger partial charge in [0.15, 0.2) is 18.3 Å². The number of rotatable bonds is 11. The molecule has 1 rings (SSSR count). The minimum absolute atomic E-state index is 0.0108. The lowest BCUT2D eigenvalue weighted by Crippen LogP contribution is -2.36. The molecule has 1 aromatic carbocycles. The van der Waals surface area contributed by atoms with Crippen LogP contribution in [0.2, 0.25) is 0 Å². The first-order valence-corrected chi connectivity index (χ1v) is 9.13. The highest BCUT2D eigenvalue weighted by Gasteiger charge is 2.28. The van der Waals surface area contributed by atoms with Gasteiger partial charge >= 0.3 is 29.8 Å². The van der Waals surface area contributed by atoms with Gasteiger partial charge in [-0.25, -0.2) is 14.4 Å². The Bertz CT molecular complexity index is 758. The van der Waals surface area contributed by atoms with E-state index in [4.69, 9.17) is 24.1 Å². The van der Waals surface area contributed by atoms with E-state index < -0.39 is 61.0 Å². The van der Waals surface area contributed by atoms with Crippen LogP contribution >= 0.6 is 0 Å². The van der Waals surface area contributed by atoms with Crippen LogP contribution in [0.5, 0.6) is 0 Å². The van der Waals surface area contributed by atoms with Gasteiger partial charge < -0.3 is 24.1 Å². The summed E-state index contributed by atoms with van der Waals surface area (Å²) in [6, 6.07) is 8.92. The molecule has 164 valence electrons. The molecule has 0 amide bonds. The SMILES string of the molecule is C[C@H](OC(=O)CCC(=O)O)C(=O)O[C@H](C)C(=O)O[C@H](C)C(=O)OCc1ccccc1. The van der Waals surface area contributed by atoms with Gasteiger partial charge in [0.2, 0.25) is 0 Å². The lowest BCUT2D eigenvalue weighted by Gasteiger charge is -2.18. The van der Waals surface area contributed by atoms with Gasteiger partial charge in [-0.15, -0.1) is 0 Å². The third-order valence-corrected chi connectivity index (χ3v) is 3.66. The number of aliphatic carboxylic acids is 1. The third kappa shape index (κ3) is 9.18. The molecule has 30 heavy (non-hydrogen) atoms. The van der Waals surface area contributed by atoms with Crippen molar-refractivity contribution in [1.29, 1.82) is 0 Å². The fraction of sp³-hybridized carbons (Fsp3) is 0.450. The number of benzene rings is 1. The van der Waals surface area contributed by atoms with Crippen molar-refractivity contribution >= 4 is 29.8 Å². The standard InChI is InChI=1S/C20H24O10/c1-12(18(24)27-11-15-7-5-4-6-8-15)29-20(26)14(3)30-19(25)13(2)28-17(23)10-9-16(21)22/h4-8,12-14H,9-11H2,1-3H3,(H,21,22)/t12-,13+,14-/m1/s1. The molecule has 0 aliphatic carbocycles. The van der Waals surface area contributed by atoms with Crippen LogP contribution in [-0.2, 0) is 49.5 Å². The first-order chi connectivity index (χ1) is 14.1. The predicted octanol–water partition coefficient (Wildman–Crippen LogP) is 1.39. The molecular formula is C20H24O10. The normalized spacial score (nSPS) is 13.3. The predicted molar refractivity (Wildman–Crippen MR) is 99.8 cm³/mol. The molecule has 1 N–H and O–H groups in total. The van der Waals surface area contributed by atoms with Crippen LogP contribution in [0.25, 0.3) is 0 Å². The zero-order valence-electron chi connectivity index (χ0n) is 16.9. The third-order valence-electron chi connectivity index (χ3n) is 3.66. The number of carbonyl (C=O) groups is 5. The van der Waals surface area contributed by atoms with E-state index in [2.05, 4.69) is 0 Å². The van der Waals surface area contributed by atoms with Crippen molar-refractivity contribution in [3.8, 4) is 0 Å². The largest absolute Gasteiger partial charge is 0.481 e. The zero-order valence-corrected chi connectivity index (χ0v) is 16.9. The van der Waals surface area contributed by atoms with Gasteiger partial charge in [0.1, 0.15) is 6.61 Å². The van der Waals surface area contributed by atoms with E-state index in [0.29, 0.717) is 0 Å². The van der Waals surface area contributed by atoms with E-state index in [0.717, 1.165) is 5.56 Å². The van der Waals surface area contributed by atoms with Gasteiger partial charge in [0, 0.05) is 0 Å². The molecule has 0 fully saturated rings. The number of hydrogen-bond donors (Lipinski definition) is 1. The summed E-state index contributed by atoms with van der Waals surface area (Å²) in [5.74, 6) is -4.87. The van der Waals surface area contributed by atoms with Crippen molar-refractivity contribution in [3.63, 3.8) is 0 Å². The molecule has 0 aromatic heterocycles. The van der Waals surface area contributed by atoms with Gasteiger partial charge in [-0.2, -0.15) is 0 Å². The molecule has 0 radical (unpaired) electrons. The van der Waals surface area contributed by atoms with Crippen LogP contribution in [-0.4, -0.2) is 53.3 Å². The molecule has 1 aromatic rings. The summed E-state index contributed by atoms with van der Waals surface area (Å²) in [7, 11) is 0. The number of carbonyl (C=O) groups excluding carboxylic acids is 4. The highest BCUT2D eigenvalue weighted by molar-refractivity contribution is 5.85. The Morgan fingerprint density at radius 1 is 0.767 bits per heavy atom. The van der Waals surface area contributed by atoms with Gasteiger partial charge in [0.05, 0.1) is 12.8 Å². The van der Waals surface area contributed by atoms with Crippen molar-refractivity contribution in [3.05, 3.63) is 35.9 Å². The Labute approximate surface area is 173 Å². The second kappa shape index (κ2) is 12.2. The topological polar surface area (TPSA) is 143 Å². The maximum absolute atomic E-state index is 12.0. The smallest absolute Gasteiger partial charge is 0.347 e. The van der Waals surface area contributed by atoms with Gasteiger partial charge in [-0.3, -0.25) is 9.59 Å². The fourth-order valence-electron chi connectivity index (χ4n) is 2.00. The van der Waals surface area contributed by atoms with Crippen molar-refractivity contribution in [2.75, 3.05) is 0 Å². The van der Waals surface area contributed by atoms with E-state index in [1.54, 1.807) is 24.3 Å². The summed E-state index contributed by atoms with van der Waals surface area (Å²) < 4.78 is 19.6. The van der Waals surface area contributed by atoms with Gasteiger partial charge in [0.25, 0.3) is 0 Å². The Morgan fingerprint density at radius 2 is 1.27 bits per heavy atom. The lowest BCUT2D eigenvalue weighted by molar-refractivity contribution is -0.182. The molecule has 3 atom stereocenters. The monoisotopic (exact) mass is 424 g/mol. The number of esters is 4. The summed E-state index contributed by atoms with van der Waals surface area (Å²) in [6.45, 7) is 3.76. The van der Waals surface area contributed by atoms with Gasteiger partial charge in [-0.05, 0) is 26.3 Å². The molecule has 10 nitrogen and oxygen atoms in total. The molecule has 0 spiro atoms. The highest BCUT2D eigenvalue weighted by Crippen LogP contribution is 2.07. The van der Waals surface area contributed by atoms with Crippen LogP contribution in [0.15, 0.2) is 30.3 Å². The molecule has 0 saturated carbocycles. The lowest BCUT2D eigenvalue weighted by atomic mass is 10.2. The quantitative estimate of drug-likeness (QED) is 0.409. The summed E-state index contributed by atoms with van der Waals surface area (Å²) in [5.41, 5.74) is 0.763. The number of ether oxygens (including phenoxy) is 4. The minimum atomic E-state index is -1.37. The molecule has 0 heterocycles. The van der Waals surface area contributed by atoms with Crippen LogP contribution in [0.3, 0.4) is 0 Å². The number of carboxylic acid groups (broad SMARTS) is 1. The van der Waals surface area contributed by atoms with E-state index in [9.17, 15) is 24.0 Å². The summed E-state index contributed by atoms with van der Waals surface area (Å²) >= 11 is 0. The molecule has 0 unspecified atom stereocenters. The van der Waals surface area contributed by atoms with Crippen LogP contribution in [0.4, 0.5) is 0 Å². The molecule has 10 heteroatoms. The Hall–Kier alpha value is -3.43. The summed E-state index contributed by atoms with van der Waals surface area (Å²) in [5, 5.41) is 8.50. The maximum atomic E-state index is 12.0.